The molecule has 4 aromatic rings. The fourth-order valence-corrected chi connectivity index (χ4v) is 3.99. The van der Waals surface area contributed by atoms with Crippen LogP contribution in [0.25, 0.3) is 11.2 Å². The fourth-order valence-electron chi connectivity index (χ4n) is 3.99. The van der Waals surface area contributed by atoms with Crippen LogP contribution in [0.4, 0.5) is 5.82 Å². The van der Waals surface area contributed by atoms with Gasteiger partial charge in [-0.1, -0.05) is 0 Å². The molecule has 4 aromatic heterocycles. The van der Waals surface area contributed by atoms with E-state index in [4.69, 9.17) is 0 Å². The zero-order chi connectivity index (χ0) is 18.9. The van der Waals surface area contributed by atoms with Crippen molar-refractivity contribution in [3.05, 3.63) is 42.8 Å². The lowest BCUT2D eigenvalue weighted by atomic mass is 9.96. The summed E-state index contributed by atoms with van der Waals surface area (Å²) in [7, 11) is 0. The van der Waals surface area contributed by atoms with Crippen molar-refractivity contribution < 1.29 is 0 Å². The predicted octanol–water partition coefficient (Wildman–Crippen LogP) is 1.59. The Kier molecular flexibility index (Phi) is 4.22. The van der Waals surface area contributed by atoms with Gasteiger partial charge in [0.25, 0.3) is 0 Å². The summed E-state index contributed by atoms with van der Waals surface area (Å²) in [5.74, 6) is 3.36. The molecule has 10 nitrogen and oxygen atoms in total. The molecule has 0 bridgehead atoms. The van der Waals surface area contributed by atoms with Gasteiger partial charge in [-0.2, -0.15) is 5.10 Å². The zero-order valence-electron chi connectivity index (χ0n) is 15.7. The molecule has 28 heavy (non-hydrogen) atoms. The second-order valence-electron chi connectivity index (χ2n) is 6.98. The van der Waals surface area contributed by atoms with E-state index in [1.165, 1.54) is 0 Å². The van der Waals surface area contributed by atoms with Crippen LogP contribution in [0, 0.1) is 0 Å². The maximum Gasteiger partial charge on any atom is 0.182 e. The number of nitrogens with one attached hydrogen (secondary N) is 1. The van der Waals surface area contributed by atoms with E-state index in [1.54, 1.807) is 18.9 Å². The lowest BCUT2D eigenvalue weighted by molar-refractivity contribution is 0.461. The lowest BCUT2D eigenvalue weighted by Crippen LogP contribution is -2.34. The summed E-state index contributed by atoms with van der Waals surface area (Å²) in [5, 5.41) is 13.3. The van der Waals surface area contributed by atoms with Crippen molar-refractivity contribution in [3.8, 4) is 0 Å². The average molecular weight is 378 g/mol. The van der Waals surface area contributed by atoms with E-state index < -0.39 is 0 Å². The molecule has 1 fully saturated rings. The van der Waals surface area contributed by atoms with E-state index in [0.29, 0.717) is 18.1 Å². The van der Waals surface area contributed by atoms with Gasteiger partial charge in [0.05, 0.1) is 6.33 Å². The minimum Gasteiger partial charge on any atom is -0.355 e. The van der Waals surface area contributed by atoms with Crippen LogP contribution in [-0.4, -0.2) is 57.6 Å². The molecule has 5 heterocycles. The van der Waals surface area contributed by atoms with Gasteiger partial charge in [-0.25, -0.2) is 15.0 Å². The summed E-state index contributed by atoms with van der Waals surface area (Å²) < 4.78 is 4.12. The smallest absolute Gasteiger partial charge is 0.182 e. The van der Waals surface area contributed by atoms with E-state index in [1.807, 2.05) is 16.9 Å². The summed E-state index contributed by atoms with van der Waals surface area (Å²) in [6.45, 7) is 5.48. The Morgan fingerprint density at radius 3 is 2.82 bits per heavy atom. The Morgan fingerprint density at radius 2 is 2.04 bits per heavy atom. The molecular formula is C18H22N10. The van der Waals surface area contributed by atoms with Crippen molar-refractivity contribution in [3.63, 3.8) is 0 Å². The normalized spacial score (nSPS) is 15.5. The molecule has 0 atom stereocenters. The third-order valence-corrected chi connectivity index (χ3v) is 5.40. The summed E-state index contributed by atoms with van der Waals surface area (Å²) in [6.07, 6.45) is 9.01. The fraction of sp³-hybridized carbons (Fsp3) is 0.444. The van der Waals surface area contributed by atoms with Crippen molar-refractivity contribution >= 4 is 17.0 Å². The number of fused-ring (bicyclic) bond motifs is 1. The number of piperidine rings is 1. The number of rotatable bonds is 5. The minimum absolute atomic E-state index is 0.397. The Morgan fingerprint density at radius 1 is 1.14 bits per heavy atom. The lowest BCUT2D eigenvalue weighted by Gasteiger charge is -2.32. The number of aromatic amines is 1. The summed E-state index contributed by atoms with van der Waals surface area (Å²) in [4.78, 5) is 18.4. The molecular weight excluding hydrogens is 356 g/mol. The maximum absolute atomic E-state index is 4.54. The maximum atomic E-state index is 4.54. The highest BCUT2D eigenvalue weighted by Crippen LogP contribution is 2.31. The van der Waals surface area contributed by atoms with Crippen LogP contribution in [0.1, 0.15) is 37.3 Å². The van der Waals surface area contributed by atoms with E-state index >= 15 is 0 Å². The van der Waals surface area contributed by atoms with Crippen molar-refractivity contribution in [2.75, 3.05) is 18.0 Å². The van der Waals surface area contributed by atoms with E-state index in [2.05, 4.69) is 51.6 Å². The first kappa shape index (κ1) is 16.8. The monoisotopic (exact) mass is 378 g/mol. The van der Waals surface area contributed by atoms with Crippen LogP contribution in [-0.2, 0) is 13.1 Å². The van der Waals surface area contributed by atoms with Crippen LogP contribution in [0.5, 0.6) is 0 Å². The van der Waals surface area contributed by atoms with E-state index in [-0.39, 0.29) is 0 Å². The average Bonchev–Trinajstić information content (AvgIpc) is 3.49. The summed E-state index contributed by atoms with van der Waals surface area (Å²) >= 11 is 0. The van der Waals surface area contributed by atoms with Gasteiger partial charge in [-0.05, 0) is 25.8 Å². The highest BCUT2D eigenvalue weighted by atomic mass is 15.3. The first-order chi connectivity index (χ1) is 13.8. The van der Waals surface area contributed by atoms with Gasteiger partial charge >= 0.3 is 0 Å². The molecule has 0 aliphatic carbocycles. The second-order valence-corrected chi connectivity index (χ2v) is 6.98. The number of anilines is 1. The number of imidazole rings is 1. The Balaban J connectivity index is 1.33. The highest BCUT2D eigenvalue weighted by molar-refractivity contribution is 5.82. The Bertz CT molecular complexity index is 1060. The van der Waals surface area contributed by atoms with Crippen LogP contribution in [0.2, 0.25) is 0 Å². The molecule has 144 valence electrons. The minimum atomic E-state index is 0.397. The number of aromatic nitrogens is 9. The molecule has 1 aliphatic heterocycles. The Hall–Kier alpha value is -3.30. The van der Waals surface area contributed by atoms with Crippen LogP contribution in [0.3, 0.4) is 0 Å². The molecule has 0 aromatic carbocycles. The molecule has 1 N–H and O–H groups in total. The van der Waals surface area contributed by atoms with Crippen molar-refractivity contribution in [2.24, 2.45) is 0 Å². The zero-order valence-corrected chi connectivity index (χ0v) is 15.7. The second kappa shape index (κ2) is 7.02. The van der Waals surface area contributed by atoms with Gasteiger partial charge in [0.1, 0.15) is 24.2 Å². The molecule has 5 rings (SSSR count). The van der Waals surface area contributed by atoms with E-state index in [0.717, 1.165) is 55.5 Å². The molecule has 10 heteroatoms. The van der Waals surface area contributed by atoms with Crippen LogP contribution >= 0.6 is 0 Å². The number of hydrogen-bond donors (Lipinski definition) is 1. The van der Waals surface area contributed by atoms with Gasteiger partial charge in [0, 0.05) is 37.9 Å². The standard InChI is InChI=1S/C18H22N10/c1-2-28-14(10-27-7-3-6-23-27)24-25-17(28)13-4-8-26(9-5-13)18-15-16(20-11-19-15)21-12-22-18/h3,6-7,11-13H,2,4-5,8-10H2,1H3,(H,19,20,21,22). The van der Waals surface area contributed by atoms with Crippen molar-refractivity contribution in [2.45, 2.75) is 38.8 Å². The third-order valence-electron chi connectivity index (χ3n) is 5.40. The highest BCUT2D eigenvalue weighted by Gasteiger charge is 2.27. The number of H-pyrrole nitrogens is 1. The van der Waals surface area contributed by atoms with Crippen molar-refractivity contribution in [1.29, 1.82) is 0 Å². The molecule has 0 spiro atoms. The molecule has 1 aliphatic rings. The first-order valence-electron chi connectivity index (χ1n) is 9.62. The first-order valence-corrected chi connectivity index (χ1v) is 9.62. The van der Waals surface area contributed by atoms with Crippen LogP contribution < -0.4 is 4.90 Å². The number of hydrogen-bond acceptors (Lipinski definition) is 7. The molecule has 0 unspecified atom stereocenters. The van der Waals surface area contributed by atoms with Gasteiger partial charge in [-0.3, -0.25) is 4.68 Å². The van der Waals surface area contributed by atoms with Gasteiger partial charge in [0.2, 0.25) is 0 Å². The topological polar surface area (TPSA) is 106 Å². The number of nitrogens with zero attached hydrogens (tertiary/aromatic N) is 9. The molecule has 1 saturated heterocycles. The van der Waals surface area contributed by atoms with Gasteiger partial charge in [-0.15, -0.1) is 10.2 Å². The van der Waals surface area contributed by atoms with Crippen LogP contribution in [0.15, 0.2) is 31.1 Å². The molecule has 0 radical (unpaired) electrons. The predicted molar refractivity (Wildman–Crippen MR) is 103 cm³/mol. The van der Waals surface area contributed by atoms with Crippen molar-refractivity contribution in [1.82, 2.24) is 44.5 Å². The summed E-state index contributed by atoms with van der Waals surface area (Å²) in [6, 6.07) is 1.92. The quantitative estimate of drug-likeness (QED) is 0.562. The summed E-state index contributed by atoms with van der Waals surface area (Å²) in [5.41, 5.74) is 1.61. The molecule has 0 saturated carbocycles. The molecule has 0 amide bonds. The third kappa shape index (κ3) is 2.90. The van der Waals surface area contributed by atoms with E-state index in [9.17, 15) is 0 Å². The van der Waals surface area contributed by atoms with Gasteiger partial charge in [0.15, 0.2) is 17.3 Å². The van der Waals surface area contributed by atoms with Gasteiger partial charge < -0.3 is 14.5 Å². The SMILES string of the molecule is CCn1c(Cn2cccn2)nnc1C1CCN(c2ncnc3nc[nH]c23)CC1. The largest absolute Gasteiger partial charge is 0.355 e. The Labute approximate surface area is 161 Å².